The summed E-state index contributed by atoms with van der Waals surface area (Å²) in [5, 5.41) is 8.50. The number of carbonyl (C=O) groups is 1. The van der Waals surface area contributed by atoms with Gasteiger partial charge in [-0.2, -0.15) is 0 Å². The number of carboxylic acids is 1. The van der Waals surface area contributed by atoms with Crippen LogP contribution in [0.15, 0.2) is 30.3 Å². The minimum atomic E-state index is -0.939. The molecule has 0 aliphatic heterocycles. The Morgan fingerprint density at radius 2 is 1.94 bits per heavy atom. The second-order valence-electron chi connectivity index (χ2n) is 4.15. The first-order valence-corrected chi connectivity index (χ1v) is 6.36. The fourth-order valence-electron chi connectivity index (χ4n) is 1.56. The number of benzene rings is 1. The van der Waals surface area contributed by atoms with E-state index in [-0.39, 0.29) is 0 Å². The van der Waals surface area contributed by atoms with Crippen molar-refractivity contribution in [3.63, 3.8) is 0 Å². The van der Waals surface area contributed by atoms with E-state index in [1.807, 2.05) is 24.3 Å². The van der Waals surface area contributed by atoms with Crippen LogP contribution in [-0.2, 0) is 4.79 Å². The van der Waals surface area contributed by atoms with Gasteiger partial charge >= 0.3 is 5.97 Å². The van der Waals surface area contributed by atoms with E-state index in [0.29, 0.717) is 0 Å². The van der Waals surface area contributed by atoms with Crippen molar-refractivity contribution in [1.82, 2.24) is 0 Å². The SMILES string of the molecule is CCCCCCOc1ccc(/C=C/C(=O)O)cc1. The maximum Gasteiger partial charge on any atom is 0.328 e. The summed E-state index contributed by atoms with van der Waals surface area (Å²) >= 11 is 0. The molecule has 0 radical (unpaired) electrons. The quantitative estimate of drug-likeness (QED) is 0.563. The van der Waals surface area contributed by atoms with E-state index < -0.39 is 5.97 Å². The molecule has 0 saturated heterocycles. The first kappa shape index (κ1) is 14.3. The Morgan fingerprint density at radius 1 is 1.22 bits per heavy atom. The summed E-state index contributed by atoms with van der Waals surface area (Å²) < 4.78 is 5.59. The zero-order chi connectivity index (χ0) is 13.2. The molecule has 1 aromatic rings. The average molecular weight is 248 g/mol. The van der Waals surface area contributed by atoms with Gasteiger partial charge in [0, 0.05) is 6.08 Å². The van der Waals surface area contributed by atoms with Crippen molar-refractivity contribution >= 4 is 12.0 Å². The minimum Gasteiger partial charge on any atom is -0.494 e. The van der Waals surface area contributed by atoms with Crippen LogP contribution in [0, 0.1) is 0 Å². The van der Waals surface area contributed by atoms with E-state index in [4.69, 9.17) is 9.84 Å². The Labute approximate surface area is 108 Å². The van der Waals surface area contributed by atoms with Crippen molar-refractivity contribution in [2.75, 3.05) is 6.61 Å². The molecule has 98 valence electrons. The lowest BCUT2D eigenvalue weighted by atomic mass is 10.2. The van der Waals surface area contributed by atoms with Crippen LogP contribution in [0.25, 0.3) is 6.08 Å². The van der Waals surface area contributed by atoms with Gasteiger partial charge < -0.3 is 9.84 Å². The molecule has 0 spiro atoms. The first-order valence-electron chi connectivity index (χ1n) is 6.36. The molecule has 3 heteroatoms. The molecule has 0 fully saturated rings. The molecule has 18 heavy (non-hydrogen) atoms. The summed E-state index contributed by atoms with van der Waals surface area (Å²) in [5.74, 6) is -0.106. The van der Waals surface area contributed by atoms with Crippen molar-refractivity contribution in [3.05, 3.63) is 35.9 Å². The predicted octanol–water partition coefficient (Wildman–Crippen LogP) is 3.74. The Balaban J connectivity index is 2.34. The molecule has 0 aliphatic carbocycles. The molecular weight excluding hydrogens is 228 g/mol. The number of hydrogen-bond acceptors (Lipinski definition) is 2. The lowest BCUT2D eigenvalue weighted by Crippen LogP contribution is -1.96. The van der Waals surface area contributed by atoms with Gasteiger partial charge in [-0.1, -0.05) is 38.3 Å². The number of carboxylic acid groups (broad SMARTS) is 1. The summed E-state index contributed by atoms with van der Waals surface area (Å²) in [6, 6.07) is 7.42. The molecule has 0 aliphatic rings. The summed E-state index contributed by atoms with van der Waals surface area (Å²) in [7, 11) is 0. The minimum absolute atomic E-state index is 0.740. The molecule has 0 bridgehead atoms. The molecule has 1 aromatic carbocycles. The predicted molar refractivity (Wildman–Crippen MR) is 72.7 cm³/mol. The van der Waals surface area contributed by atoms with Crippen LogP contribution in [0.5, 0.6) is 5.75 Å². The fraction of sp³-hybridized carbons (Fsp3) is 0.400. The monoisotopic (exact) mass is 248 g/mol. The van der Waals surface area contributed by atoms with Gasteiger partial charge in [0.05, 0.1) is 6.61 Å². The molecule has 0 amide bonds. The van der Waals surface area contributed by atoms with Crippen LogP contribution in [0.4, 0.5) is 0 Å². The summed E-state index contributed by atoms with van der Waals surface area (Å²) in [5.41, 5.74) is 0.857. The largest absolute Gasteiger partial charge is 0.494 e. The number of ether oxygens (including phenoxy) is 1. The second kappa shape index (κ2) is 8.34. The molecule has 0 unspecified atom stereocenters. The zero-order valence-electron chi connectivity index (χ0n) is 10.8. The molecule has 0 saturated carbocycles. The third-order valence-corrected chi connectivity index (χ3v) is 2.57. The normalized spacial score (nSPS) is 10.7. The molecule has 0 aromatic heterocycles. The highest BCUT2D eigenvalue weighted by molar-refractivity contribution is 5.85. The maximum atomic E-state index is 10.4. The van der Waals surface area contributed by atoms with Gasteiger partial charge in [-0.05, 0) is 30.2 Å². The van der Waals surface area contributed by atoms with Gasteiger partial charge in [-0.3, -0.25) is 0 Å². The van der Waals surface area contributed by atoms with Gasteiger partial charge in [-0.15, -0.1) is 0 Å². The van der Waals surface area contributed by atoms with Crippen molar-refractivity contribution in [3.8, 4) is 5.75 Å². The Morgan fingerprint density at radius 3 is 2.56 bits per heavy atom. The third-order valence-electron chi connectivity index (χ3n) is 2.57. The lowest BCUT2D eigenvalue weighted by Gasteiger charge is -2.05. The highest BCUT2D eigenvalue weighted by Crippen LogP contribution is 2.14. The molecular formula is C15H20O3. The van der Waals surface area contributed by atoms with Gasteiger partial charge in [0.15, 0.2) is 0 Å². The standard InChI is InChI=1S/C15H20O3/c1-2-3-4-5-12-18-14-9-6-13(7-10-14)8-11-15(16)17/h6-11H,2-5,12H2,1H3,(H,16,17)/b11-8+. The number of hydrogen-bond donors (Lipinski definition) is 1. The number of aliphatic carboxylic acids is 1. The van der Waals surface area contributed by atoms with E-state index in [9.17, 15) is 4.79 Å². The van der Waals surface area contributed by atoms with Crippen LogP contribution in [0.1, 0.15) is 38.2 Å². The van der Waals surface area contributed by atoms with Crippen LogP contribution in [0.3, 0.4) is 0 Å². The molecule has 3 nitrogen and oxygen atoms in total. The topological polar surface area (TPSA) is 46.5 Å². The van der Waals surface area contributed by atoms with Crippen LogP contribution >= 0.6 is 0 Å². The third kappa shape index (κ3) is 6.09. The summed E-state index contributed by atoms with van der Waals surface area (Å²) in [4.78, 5) is 10.4. The summed E-state index contributed by atoms with van der Waals surface area (Å²) in [6.07, 6.45) is 7.45. The van der Waals surface area contributed by atoms with E-state index in [0.717, 1.165) is 30.4 Å². The Bertz CT molecular complexity index is 379. The van der Waals surface area contributed by atoms with Crippen molar-refractivity contribution in [2.24, 2.45) is 0 Å². The smallest absolute Gasteiger partial charge is 0.328 e. The number of rotatable bonds is 8. The maximum absolute atomic E-state index is 10.4. The molecule has 0 heterocycles. The van der Waals surface area contributed by atoms with Gasteiger partial charge in [0.2, 0.25) is 0 Å². The molecule has 1 N–H and O–H groups in total. The van der Waals surface area contributed by atoms with Crippen molar-refractivity contribution < 1.29 is 14.6 Å². The summed E-state index contributed by atoms with van der Waals surface area (Å²) in [6.45, 7) is 2.93. The van der Waals surface area contributed by atoms with E-state index >= 15 is 0 Å². The number of unbranched alkanes of at least 4 members (excludes halogenated alkanes) is 3. The average Bonchev–Trinajstić information content (AvgIpc) is 2.37. The Hall–Kier alpha value is -1.77. The van der Waals surface area contributed by atoms with Crippen molar-refractivity contribution in [1.29, 1.82) is 0 Å². The highest BCUT2D eigenvalue weighted by atomic mass is 16.5. The first-order chi connectivity index (χ1) is 8.72. The second-order valence-corrected chi connectivity index (χ2v) is 4.15. The fourth-order valence-corrected chi connectivity index (χ4v) is 1.56. The zero-order valence-corrected chi connectivity index (χ0v) is 10.8. The molecule has 0 atom stereocenters. The van der Waals surface area contributed by atoms with Gasteiger partial charge in [0.25, 0.3) is 0 Å². The van der Waals surface area contributed by atoms with E-state index in [1.165, 1.54) is 19.3 Å². The van der Waals surface area contributed by atoms with Gasteiger partial charge in [0.1, 0.15) is 5.75 Å². The molecule has 1 rings (SSSR count). The van der Waals surface area contributed by atoms with E-state index in [2.05, 4.69) is 6.92 Å². The van der Waals surface area contributed by atoms with Gasteiger partial charge in [-0.25, -0.2) is 4.79 Å². The van der Waals surface area contributed by atoms with Crippen LogP contribution in [-0.4, -0.2) is 17.7 Å². The van der Waals surface area contributed by atoms with Crippen molar-refractivity contribution in [2.45, 2.75) is 32.6 Å². The lowest BCUT2D eigenvalue weighted by molar-refractivity contribution is -0.131. The van der Waals surface area contributed by atoms with E-state index in [1.54, 1.807) is 6.08 Å². The van der Waals surface area contributed by atoms with Crippen LogP contribution in [0.2, 0.25) is 0 Å². The highest BCUT2D eigenvalue weighted by Gasteiger charge is 1.94. The Kier molecular flexibility index (Phi) is 6.62. The van der Waals surface area contributed by atoms with Crippen LogP contribution < -0.4 is 4.74 Å².